The molecule has 0 saturated carbocycles. The molecule has 0 unspecified atom stereocenters. The van der Waals surface area contributed by atoms with E-state index in [1.165, 1.54) is 0 Å². The van der Waals surface area contributed by atoms with Gasteiger partial charge in [-0.25, -0.2) is 0 Å². The number of hydrogen-bond acceptors (Lipinski definition) is 0. The molecule has 0 nitrogen and oxygen atoms in total. The van der Waals surface area contributed by atoms with Crippen molar-refractivity contribution < 1.29 is 0 Å². The minimum absolute atomic E-state index is 0.421. The summed E-state index contributed by atoms with van der Waals surface area (Å²) in [5.74, 6) is 6.00. The van der Waals surface area contributed by atoms with Gasteiger partial charge in [0.05, 0.1) is 0 Å². The van der Waals surface area contributed by atoms with E-state index in [9.17, 15) is 0 Å². The van der Waals surface area contributed by atoms with Crippen LogP contribution >= 0.6 is 0 Å². The summed E-state index contributed by atoms with van der Waals surface area (Å²) in [5, 5.41) is 0. The molecule has 0 bridgehead atoms. The van der Waals surface area contributed by atoms with Crippen molar-refractivity contribution in [1.29, 1.82) is 0 Å². The summed E-state index contributed by atoms with van der Waals surface area (Å²) in [6, 6.07) is 0. The quantitative estimate of drug-likeness (QED) is 0.446. The third-order valence-corrected chi connectivity index (χ3v) is 6.03. The molecule has 0 fully saturated rings. The van der Waals surface area contributed by atoms with E-state index in [1.54, 1.807) is 0 Å². The lowest BCUT2D eigenvalue weighted by molar-refractivity contribution is -0.106. The molecule has 0 aliphatic carbocycles. The van der Waals surface area contributed by atoms with Gasteiger partial charge in [-0.2, -0.15) is 0 Å². The fraction of sp³-hybridized carbons (Fsp3) is 1.00. The average molecular weight is 297 g/mol. The molecule has 0 aliphatic heterocycles. The molecule has 0 amide bonds. The highest BCUT2D eigenvalue weighted by atomic mass is 14.6. The lowest BCUT2D eigenvalue weighted by Crippen LogP contribution is -2.53. The van der Waals surface area contributed by atoms with Gasteiger partial charge in [0.2, 0.25) is 0 Å². The zero-order valence-corrected chi connectivity index (χ0v) is 17.1. The molecule has 0 atom stereocenters. The van der Waals surface area contributed by atoms with Crippen molar-refractivity contribution in [3.8, 4) is 0 Å². The first-order chi connectivity index (χ1) is 9.42. The fourth-order valence-electron chi connectivity index (χ4n) is 6.28. The zero-order valence-electron chi connectivity index (χ0n) is 17.1. The highest BCUT2D eigenvalue weighted by Gasteiger charge is 2.52. The molecular formula is C21H44. The molecule has 0 N–H and O–H groups in total. The van der Waals surface area contributed by atoms with Crippen molar-refractivity contribution in [3.05, 3.63) is 0 Å². The van der Waals surface area contributed by atoms with Gasteiger partial charge in [-0.3, -0.25) is 0 Å². The number of hydrogen-bond donors (Lipinski definition) is 0. The highest BCUT2D eigenvalue weighted by Crippen LogP contribution is 2.58. The van der Waals surface area contributed by atoms with Crippen molar-refractivity contribution in [2.24, 2.45) is 52.8 Å². The molecule has 0 radical (unpaired) electrons. The monoisotopic (exact) mass is 296 g/mol. The highest BCUT2D eigenvalue weighted by molar-refractivity contribution is 5.00. The largest absolute Gasteiger partial charge is 0.0625 e. The van der Waals surface area contributed by atoms with Crippen LogP contribution in [0.5, 0.6) is 0 Å². The molecule has 0 aromatic rings. The molecule has 0 rings (SSSR count). The van der Waals surface area contributed by atoms with E-state index in [1.807, 2.05) is 0 Å². The number of rotatable bonds is 8. The molecule has 128 valence electrons. The van der Waals surface area contributed by atoms with E-state index in [0.29, 0.717) is 5.41 Å². The van der Waals surface area contributed by atoms with Crippen molar-refractivity contribution in [3.63, 3.8) is 0 Å². The van der Waals surface area contributed by atoms with E-state index in [2.05, 4.69) is 83.1 Å². The van der Waals surface area contributed by atoms with Crippen LogP contribution in [0.3, 0.4) is 0 Å². The van der Waals surface area contributed by atoms with Crippen molar-refractivity contribution >= 4 is 0 Å². The second-order valence-corrected chi connectivity index (χ2v) is 9.34. The van der Waals surface area contributed by atoms with Gasteiger partial charge in [-0.1, -0.05) is 83.1 Å². The van der Waals surface area contributed by atoms with Crippen molar-refractivity contribution in [2.75, 3.05) is 0 Å². The third-order valence-electron chi connectivity index (χ3n) is 6.03. The Morgan fingerprint density at radius 2 is 0.571 bits per heavy atom. The van der Waals surface area contributed by atoms with Gasteiger partial charge in [-0.05, 0) is 52.8 Å². The lowest BCUT2D eigenvalue weighted by atomic mass is 9.46. The van der Waals surface area contributed by atoms with Gasteiger partial charge in [0.25, 0.3) is 0 Å². The molecule has 21 heavy (non-hydrogen) atoms. The predicted molar refractivity (Wildman–Crippen MR) is 98.4 cm³/mol. The van der Waals surface area contributed by atoms with E-state index in [4.69, 9.17) is 0 Å². The molecule has 0 aromatic carbocycles. The maximum atomic E-state index is 2.48. The summed E-state index contributed by atoms with van der Waals surface area (Å²) in [6.45, 7) is 29.5. The molecular weight excluding hydrogens is 252 g/mol. The molecule has 0 heteroatoms. The molecule has 0 spiro atoms. The minimum Gasteiger partial charge on any atom is -0.0625 e. The van der Waals surface area contributed by atoms with Gasteiger partial charge in [0, 0.05) is 0 Å². The van der Waals surface area contributed by atoms with Gasteiger partial charge >= 0.3 is 0 Å². The molecule has 0 aromatic heterocycles. The normalized spacial score (nSPS) is 14.3. The predicted octanol–water partition coefficient (Wildman–Crippen LogP) is 7.14. The average Bonchev–Trinajstić information content (AvgIpc) is 2.24. The Bertz CT molecular complexity index is 234. The van der Waals surface area contributed by atoms with Crippen molar-refractivity contribution in [2.45, 2.75) is 83.1 Å². The third kappa shape index (κ3) is 4.05. The standard InChI is InChI=1S/C21H44/c1-13(2)19(14(3)4)21(17(9)10,18(11)12)20(15(5)6)16(7)8/h13-20H,1-12H3. The summed E-state index contributed by atoms with van der Waals surface area (Å²) < 4.78 is 0. The van der Waals surface area contributed by atoms with E-state index < -0.39 is 0 Å². The van der Waals surface area contributed by atoms with Crippen LogP contribution in [-0.2, 0) is 0 Å². The Morgan fingerprint density at radius 3 is 0.667 bits per heavy atom. The van der Waals surface area contributed by atoms with Crippen LogP contribution in [0.25, 0.3) is 0 Å². The lowest BCUT2D eigenvalue weighted by Gasteiger charge is -2.58. The SMILES string of the molecule is CC(C)C(C(C)C)C(C(C)C)(C(C)C)C(C(C)C)C(C)C. The summed E-state index contributed by atoms with van der Waals surface area (Å²) in [6.07, 6.45) is 0. The van der Waals surface area contributed by atoms with Crippen LogP contribution in [0.2, 0.25) is 0 Å². The van der Waals surface area contributed by atoms with Gasteiger partial charge in [0.15, 0.2) is 0 Å². The van der Waals surface area contributed by atoms with Crippen LogP contribution in [0.1, 0.15) is 83.1 Å². The molecule has 0 saturated heterocycles. The van der Waals surface area contributed by atoms with Crippen LogP contribution in [-0.4, -0.2) is 0 Å². The van der Waals surface area contributed by atoms with Gasteiger partial charge in [-0.15, -0.1) is 0 Å². The maximum absolute atomic E-state index is 2.48. The summed E-state index contributed by atoms with van der Waals surface area (Å²) in [4.78, 5) is 0. The topological polar surface area (TPSA) is 0 Å². The first-order valence-electron chi connectivity index (χ1n) is 9.42. The second kappa shape index (κ2) is 8.02. The minimum atomic E-state index is 0.421. The van der Waals surface area contributed by atoms with E-state index >= 15 is 0 Å². The van der Waals surface area contributed by atoms with Crippen LogP contribution in [0.15, 0.2) is 0 Å². The van der Waals surface area contributed by atoms with Gasteiger partial charge in [0.1, 0.15) is 0 Å². The Labute approximate surface area is 136 Å². The second-order valence-electron chi connectivity index (χ2n) is 9.34. The smallest absolute Gasteiger partial charge is 0.0185 e. The maximum Gasteiger partial charge on any atom is -0.0185 e. The Kier molecular flexibility index (Phi) is 8.02. The first-order valence-corrected chi connectivity index (χ1v) is 9.42. The van der Waals surface area contributed by atoms with Gasteiger partial charge < -0.3 is 0 Å². The van der Waals surface area contributed by atoms with E-state index in [-0.39, 0.29) is 0 Å². The summed E-state index contributed by atoms with van der Waals surface area (Å²) >= 11 is 0. The molecule has 0 heterocycles. The van der Waals surface area contributed by atoms with Crippen LogP contribution in [0, 0.1) is 52.8 Å². The van der Waals surface area contributed by atoms with Crippen LogP contribution in [0.4, 0.5) is 0 Å². The molecule has 0 aliphatic rings. The Hall–Kier alpha value is 0. The zero-order chi connectivity index (χ0) is 17.1. The Morgan fingerprint density at radius 1 is 0.381 bits per heavy atom. The van der Waals surface area contributed by atoms with E-state index in [0.717, 1.165) is 47.3 Å². The summed E-state index contributed by atoms with van der Waals surface area (Å²) in [7, 11) is 0. The fourth-order valence-corrected chi connectivity index (χ4v) is 6.28. The Balaban J connectivity index is 6.32. The van der Waals surface area contributed by atoms with Crippen LogP contribution < -0.4 is 0 Å². The van der Waals surface area contributed by atoms with Crippen molar-refractivity contribution in [1.82, 2.24) is 0 Å². The summed E-state index contributed by atoms with van der Waals surface area (Å²) in [5.41, 5.74) is 0.421. The first kappa shape index (κ1) is 21.0.